The molecule has 1 radical (unpaired) electrons. The summed E-state index contributed by atoms with van der Waals surface area (Å²) in [5.41, 5.74) is 2.78. The van der Waals surface area contributed by atoms with Crippen LogP contribution in [0, 0.1) is 19.3 Å². The Morgan fingerprint density at radius 1 is 1.28 bits per heavy atom. The molecule has 1 saturated carbocycles. The predicted molar refractivity (Wildman–Crippen MR) is 71.5 cm³/mol. The number of benzene rings is 1. The van der Waals surface area contributed by atoms with E-state index < -0.39 is 0 Å². The zero-order chi connectivity index (χ0) is 12.6. The summed E-state index contributed by atoms with van der Waals surface area (Å²) in [7, 11) is 0. The van der Waals surface area contributed by atoms with Crippen LogP contribution in [0.3, 0.4) is 0 Å². The molecule has 1 fully saturated rings. The van der Waals surface area contributed by atoms with Gasteiger partial charge in [0, 0.05) is 48.8 Å². The first-order valence-corrected chi connectivity index (χ1v) is 6.38. The van der Waals surface area contributed by atoms with E-state index in [1.54, 1.807) is 0 Å². The average molecular weight is 341 g/mol. The van der Waals surface area contributed by atoms with Crippen LogP contribution in [0.5, 0.6) is 0 Å². The van der Waals surface area contributed by atoms with Crippen molar-refractivity contribution in [3.8, 4) is 0 Å². The molecular formula is C14H18ClNOY. The molecule has 0 aromatic heterocycles. The molecule has 0 bridgehead atoms. The zero-order valence-corrected chi connectivity index (χ0v) is 14.7. The van der Waals surface area contributed by atoms with Gasteiger partial charge in [-0.25, -0.2) is 0 Å². The number of hydrogen-bond acceptors (Lipinski definition) is 1. The van der Waals surface area contributed by atoms with E-state index in [9.17, 15) is 4.79 Å². The molecule has 1 aromatic carbocycles. The summed E-state index contributed by atoms with van der Waals surface area (Å²) in [6.07, 6.45) is 3.14. The summed E-state index contributed by atoms with van der Waals surface area (Å²) in [5.74, 6) is 0.136. The van der Waals surface area contributed by atoms with Crippen LogP contribution in [0.25, 0.3) is 0 Å². The number of carbonyl (C=O) groups is 1. The van der Waals surface area contributed by atoms with Gasteiger partial charge in [-0.15, -0.1) is 0 Å². The smallest absolute Gasteiger partial charge is 0.230 e. The molecule has 1 aromatic rings. The van der Waals surface area contributed by atoms with Crippen LogP contribution in [0.1, 0.15) is 37.3 Å². The Labute approximate surface area is 139 Å². The second kappa shape index (κ2) is 6.02. The van der Waals surface area contributed by atoms with E-state index in [2.05, 4.69) is 5.32 Å². The van der Waals surface area contributed by atoms with Crippen molar-refractivity contribution < 1.29 is 37.5 Å². The van der Waals surface area contributed by atoms with Crippen LogP contribution in [-0.4, -0.2) is 5.91 Å². The third kappa shape index (κ3) is 3.15. The summed E-state index contributed by atoms with van der Waals surface area (Å²) in [6, 6.07) is 3.76. The summed E-state index contributed by atoms with van der Waals surface area (Å²) in [4.78, 5) is 12.2. The Morgan fingerprint density at radius 2 is 1.78 bits per heavy atom. The number of amides is 1. The number of hydrogen-bond donors (Lipinski definition) is 1. The van der Waals surface area contributed by atoms with Crippen molar-refractivity contribution in [2.45, 2.75) is 40.0 Å². The molecule has 18 heavy (non-hydrogen) atoms. The van der Waals surface area contributed by atoms with E-state index in [1.165, 1.54) is 0 Å². The number of carbonyl (C=O) groups excluding carboxylic acids is 1. The molecule has 0 heterocycles. The van der Waals surface area contributed by atoms with Gasteiger partial charge in [-0.3, -0.25) is 4.79 Å². The van der Waals surface area contributed by atoms with Gasteiger partial charge in [0.05, 0.1) is 0 Å². The van der Waals surface area contributed by atoms with Crippen molar-refractivity contribution in [2.24, 2.45) is 5.41 Å². The van der Waals surface area contributed by atoms with E-state index in [1.807, 2.05) is 32.9 Å². The number of rotatable bonds is 2. The third-order valence-corrected chi connectivity index (χ3v) is 3.96. The molecule has 1 aliphatic rings. The monoisotopic (exact) mass is 340 g/mol. The molecule has 1 aliphatic carbocycles. The molecule has 0 atom stereocenters. The van der Waals surface area contributed by atoms with Crippen LogP contribution < -0.4 is 5.32 Å². The van der Waals surface area contributed by atoms with Crippen LogP contribution in [0.15, 0.2) is 12.1 Å². The summed E-state index contributed by atoms with van der Waals surface area (Å²) >= 11 is 5.97. The van der Waals surface area contributed by atoms with Gasteiger partial charge >= 0.3 is 0 Å². The van der Waals surface area contributed by atoms with Crippen molar-refractivity contribution >= 4 is 23.2 Å². The number of anilines is 1. The Balaban J connectivity index is 0.00000162. The summed E-state index contributed by atoms with van der Waals surface area (Å²) in [5, 5.41) is 3.77. The van der Waals surface area contributed by atoms with Gasteiger partial charge in [-0.1, -0.05) is 24.9 Å². The fraction of sp³-hybridized carbons (Fsp3) is 0.500. The maximum atomic E-state index is 12.2. The van der Waals surface area contributed by atoms with Crippen molar-refractivity contribution in [1.29, 1.82) is 0 Å². The van der Waals surface area contributed by atoms with Crippen LogP contribution in [-0.2, 0) is 37.5 Å². The predicted octanol–water partition coefficient (Wildman–Crippen LogP) is 4.08. The maximum Gasteiger partial charge on any atom is 0.230 e. The quantitative estimate of drug-likeness (QED) is 0.863. The van der Waals surface area contributed by atoms with Crippen LogP contribution in [0.2, 0.25) is 5.02 Å². The third-order valence-electron chi connectivity index (χ3n) is 3.74. The Kier molecular flexibility index (Phi) is 5.40. The largest absolute Gasteiger partial charge is 0.325 e. The molecule has 1 N–H and O–H groups in total. The standard InChI is InChI=1S/C14H18ClNO.Y/c1-9-7-11(15)8-10(2)12(9)16-13(17)14(3)5-4-6-14;/h7-8H,4-6H2,1-3H3,(H,16,17);. The average Bonchev–Trinajstić information content (AvgIpc) is 2.19. The Bertz CT molecular complexity index is 446. The second-order valence-corrected chi connectivity index (χ2v) is 5.72. The van der Waals surface area contributed by atoms with Gasteiger partial charge in [0.15, 0.2) is 0 Å². The first-order chi connectivity index (χ1) is 7.92. The van der Waals surface area contributed by atoms with Crippen molar-refractivity contribution in [2.75, 3.05) is 5.32 Å². The first kappa shape index (κ1) is 16.1. The second-order valence-electron chi connectivity index (χ2n) is 5.28. The Hall–Kier alpha value is 0.0839. The van der Waals surface area contributed by atoms with Gasteiger partial charge in [-0.05, 0) is 49.9 Å². The van der Waals surface area contributed by atoms with E-state index in [0.717, 1.165) is 36.1 Å². The molecule has 2 rings (SSSR count). The minimum Gasteiger partial charge on any atom is -0.325 e. The van der Waals surface area contributed by atoms with Crippen LogP contribution in [0.4, 0.5) is 5.69 Å². The number of nitrogens with one attached hydrogen (secondary N) is 1. The fourth-order valence-electron chi connectivity index (χ4n) is 2.31. The normalized spacial score (nSPS) is 16.4. The minimum absolute atomic E-state index is 0. The molecule has 0 unspecified atom stereocenters. The van der Waals surface area contributed by atoms with Gasteiger partial charge in [-0.2, -0.15) is 0 Å². The minimum atomic E-state index is -0.168. The number of halogens is 1. The van der Waals surface area contributed by atoms with Crippen LogP contribution >= 0.6 is 11.6 Å². The Morgan fingerprint density at radius 3 is 2.17 bits per heavy atom. The van der Waals surface area contributed by atoms with Gasteiger partial charge < -0.3 is 5.32 Å². The van der Waals surface area contributed by atoms with E-state index in [4.69, 9.17) is 11.6 Å². The molecule has 0 saturated heterocycles. The summed E-state index contributed by atoms with van der Waals surface area (Å²) in [6.45, 7) is 5.97. The molecule has 4 heteroatoms. The molecule has 0 spiro atoms. The number of aryl methyl sites for hydroxylation is 2. The van der Waals surface area contributed by atoms with E-state index >= 15 is 0 Å². The van der Waals surface area contributed by atoms with Gasteiger partial charge in [0.2, 0.25) is 5.91 Å². The van der Waals surface area contributed by atoms with Crippen molar-refractivity contribution in [3.05, 3.63) is 28.3 Å². The molecule has 0 aliphatic heterocycles. The zero-order valence-electron chi connectivity index (χ0n) is 11.1. The molecule has 1 amide bonds. The van der Waals surface area contributed by atoms with Crippen molar-refractivity contribution in [1.82, 2.24) is 0 Å². The molecule has 95 valence electrons. The first-order valence-electron chi connectivity index (χ1n) is 6.00. The van der Waals surface area contributed by atoms with Gasteiger partial charge in [0.25, 0.3) is 0 Å². The van der Waals surface area contributed by atoms with Gasteiger partial charge in [0.1, 0.15) is 0 Å². The van der Waals surface area contributed by atoms with E-state index in [-0.39, 0.29) is 44.0 Å². The molecular weight excluding hydrogens is 323 g/mol. The topological polar surface area (TPSA) is 29.1 Å². The SMILES string of the molecule is Cc1cc(Cl)cc(C)c1NC(=O)C1(C)CCC1.[Y]. The van der Waals surface area contributed by atoms with E-state index in [0.29, 0.717) is 5.02 Å². The summed E-state index contributed by atoms with van der Waals surface area (Å²) < 4.78 is 0. The van der Waals surface area contributed by atoms with Crippen molar-refractivity contribution in [3.63, 3.8) is 0 Å². The maximum absolute atomic E-state index is 12.2. The fourth-order valence-corrected chi connectivity index (χ4v) is 2.63. The molecule has 2 nitrogen and oxygen atoms in total.